The van der Waals surface area contributed by atoms with Gasteiger partial charge in [-0.05, 0) is 6.92 Å². The molecule has 0 N–H and O–H groups in total. The van der Waals surface area contributed by atoms with Gasteiger partial charge in [0.05, 0.1) is 12.5 Å². The van der Waals surface area contributed by atoms with E-state index in [0.717, 1.165) is 5.56 Å². The molecule has 0 aromatic heterocycles. The van der Waals surface area contributed by atoms with E-state index in [1.165, 1.54) is 0 Å². The van der Waals surface area contributed by atoms with E-state index in [0.29, 0.717) is 6.61 Å². The zero-order valence-corrected chi connectivity index (χ0v) is 12.2. The second-order valence-electron chi connectivity index (χ2n) is 5.82. The van der Waals surface area contributed by atoms with E-state index in [1.54, 1.807) is 6.92 Å². The minimum Gasteiger partial charge on any atom is -0.438 e. The van der Waals surface area contributed by atoms with Gasteiger partial charge in [0.25, 0.3) is 0 Å². The van der Waals surface area contributed by atoms with E-state index in [2.05, 4.69) is 0 Å². The Morgan fingerprint density at radius 2 is 1.82 bits per heavy atom. The van der Waals surface area contributed by atoms with Crippen LogP contribution >= 0.6 is 0 Å². The van der Waals surface area contributed by atoms with E-state index in [-0.39, 0.29) is 43.1 Å². The second kappa shape index (κ2) is 5.62. The highest BCUT2D eigenvalue weighted by Gasteiger charge is 2.54. The maximum atomic E-state index is 11.8. The average molecular weight is 306 g/mol. The Kier molecular flexibility index (Phi) is 3.62. The Balaban J connectivity index is 1.55. The molecule has 6 nitrogen and oxygen atoms in total. The van der Waals surface area contributed by atoms with Crippen molar-refractivity contribution in [2.75, 3.05) is 13.4 Å². The lowest BCUT2D eigenvalue weighted by molar-refractivity contribution is -0.258. The molecule has 0 spiro atoms. The number of rotatable bonds is 1. The first-order chi connectivity index (χ1) is 10.7. The van der Waals surface area contributed by atoms with E-state index < -0.39 is 6.29 Å². The number of carbonyl (C=O) groups is 1. The molecule has 0 saturated carbocycles. The maximum absolute atomic E-state index is 11.8. The van der Waals surface area contributed by atoms with Crippen LogP contribution in [-0.4, -0.2) is 43.8 Å². The quantitative estimate of drug-likeness (QED) is 0.731. The highest BCUT2D eigenvalue weighted by atomic mass is 16.7. The van der Waals surface area contributed by atoms with Gasteiger partial charge in [-0.15, -0.1) is 0 Å². The van der Waals surface area contributed by atoms with E-state index >= 15 is 0 Å². The van der Waals surface area contributed by atoms with Gasteiger partial charge in [0.1, 0.15) is 24.4 Å². The molecule has 0 bridgehead atoms. The van der Waals surface area contributed by atoms with Crippen molar-refractivity contribution in [3.63, 3.8) is 0 Å². The second-order valence-corrected chi connectivity index (χ2v) is 5.82. The zero-order chi connectivity index (χ0) is 15.1. The Hall–Kier alpha value is -1.47. The smallest absolute Gasteiger partial charge is 0.313 e. The minimum absolute atomic E-state index is 0.0584. The van der Waals surface area contributed by atoms with Crippen molar-refractivity contribution < 1.29 is 28.5 Å². The van der Waals surface area contributed by atoms with Crippen LogP contribution in [0.15, 0.2) is 30.3 Å². The Labute approximate surface area is 128 Å². The molecule has 0 aliphatic carbocycles. The third kappa shape index (κ3) is 2.32. The van der Waals surface area contributed by atoms with E-state index in [1.807, 2.05) is 30.3 Å². The first-order valence-electron chi connectivity index (χ1n) is 7.50. The number of esters is 1. The Morgan fingerprint density at radius 1 is 1.00 bits per heavy atom. The van der Waals surface area contributed by atoms with Gasteiger partial charge in [0.2, 0.25) is 0 Å². The monoisotopic (exact) mass is 306 g/mol. The zero-order valence-electron chi connectivity index (χ0n) is 12.2. The lowest BCUT2D eigenvalue weighted by Crippen LogP contribution is -2.44. The number of hydrogen-bond acceptors (Lipinski definition) is 6. The summed E-state index contributed by atoms with van der Waals surface area (Å²) in [6.45, 7) is 2.15. The molecule has 4 rings (SSSR count). The maximum Gasteiger partial charge on any atom is 0.313 e. The van der Waals surface area contributed by atoms with E-state index in [4.69, 9.17) is 23.7 Å². The Bertz CT molecular complexity index is 547. The van der Waals surface area contributed by atoms with Crippen molar-refractivity contribution >= 4 is 5.97 Å². The molecule has 118 valence electrons. The summed E-state index contributed by atoms with van der Waals surface area (Å²) in [5, 5.41) is 0. The SMILES string of the molecule is C[C@@H]1C(=O)OCO[C@@H]2[C@H]1O[C@@H]1CO[C@H](c3ccccc3)O[C@H]21. The van der Waals surface area contributed by atoms with Crippen molar-refractivity contribution in [1.29, 1.82) is 0 Å². The molecular formula is C16H18O6. The summed E-state index contributed by atoms with van der Waals surface area (Å²) in [6.07, 6.45) is -1.60. The molecule has 0 unspecified atom stereocenters. The molecule has 3 aliphatic rings. The number of hydrogen-bond donors (Lipinski definition) is 0. The molecule has 6 atom stereocenters. The molecule has 22 heavy (non-hydrogen) atoms. The largest absolute Gasteiger partial charge is 0.438 e. The van der Waals surface area contributed by atoms with Gasteiger partial charge >= 0.3 is 5.97 Å². The molecule has 6 heteroatoms. The summed E-state index contributed by atoms with van der Waals surface area (Å²) < 4.78 is 28.5. The van der Waals surface area contributed by atoms with Gasteiger partial charge in [-0.25, -0.2) is 0 Å². The fourth-order valence-corrected chi connectivity index (χ4v) is 3.23. The predicted octanol–water partition coefficient (Wildman–Crippen LogP) is 1.40. The van der Waals surface area contributed by atoms with Crippen molar-refractivity contribution in [3.8, 4) is 0 Å². The molecule has 0 amide bonds. The summed E-state index contributed by atoms with van der Waals surface area (Å²) in [6, 6.07) is 9.75. The van der Waals surface area contributed by atoms with Gasteiger partial charge in [-0.3, -0.25) is 4.79 Å². The summed E-state index contributed by atoms with van der Waals surface area (Å²) in [4.78, 5) is 11.8. The number of ether oxygens (including phenoxy) is 5. The van der Waals surface area contributed by atoms with E-state index in [9.17, 15) is 4.79 Å². The minimum atomic E-state index is -0.441. The van der Waals surface area contributed by atoms with Gasteiger partial charge in [-0.1, -0.05) is 30.3 Å². The van der Waals surface area contributed by atoms with Gasteiger partial charge in [0.15, 0.2) is 13.1 Å². The van der Waals surface area contributed by atoms with Crippen molar-refractivity contribution in [1.82, 2.24) is 0 Å². The molecule has 3 saturated heterocycles. The van der Waals surface area contributed by atoms with Crippen LogP contribution in [0.5, 0.6) is 0 Å². The topological polar surface area (TPSA) is 63.2 Å². The molecule has 3 fully saturated rings. The van der Waals surface area contributed by atoms with Crippen LogP contribution in [-0.2, 0) is 28.5 Å². The summed E-state index contributed by atoms with van der Waals surface area (Å²) >= 11 is 0. The fourth-order valence-electron chi connectivity index (χ4n) is 3.23. The van der Waals surface area contributed by atoms with Crippen LogP contribution in [0.2, 0.25) is 0 Å². The summed E-state index contributed by atoms with van der Waals surface area (Å²) in [7, 11) is 0. The van der Waals surface area contributed by atoms with Crippen LogP contribution in [0.3, 0.4) is 0 Å². The molecule has 3 aliphatic heterocycles. The highest BCUT2D eigenvalue weighted by Crippen LogP contribution is 2.39. The van der Waals surface area contributed by atoms with Crippen molar-refractivity contribution in [2.24, 2.45) is 5.92 Å². The first kappa shape index (κ1) is 14.1. The van der Waals surface area contributed by atoms with Crippen LogP contribution in [0.1, 0.15) is 18.8 Å². The summed E-state index contributed by atoms with van der Waals surface area (Å²) in [5.41, 5.74) is 0.957. The normalized spacial score (nSPS) is 41.2. The van der Waals surface area contributed by atoms with Crippen LogP contribution in [0.4, 0.5) is 0 Å². The van der Waals surface area contributed by atoms with Gasteiger partial charge < -0.3 is 23.7 Å². The third-order valence-corrected chi connectivity index (χ3v) is 4.44. The molecule has 1 aromatic rings. The average Bonchev–Trinajstić information content (AvgIpc) is 2.86. The number of benzene rings is 1. The number of carbonyl (C=O) groups excluding carboxylic acids is 1. The standard InChI is InChI=1S/C16H18O6/c1-9-12-14(19-8-20-15(9)17)13-11(21-12)7-18-16(22-13)10-5-3-2-4-6-10/h2-6,9,11-14,16H,7-8H2,1H3/t9-,11+,12-,13-,14+,16-/m0/s1. The van der Waals surface area contributed by atoms with Crippen molar-refractivity contribution in [3.05, 3.63) is 35.9 Å². The molecule has 3 heterocycles. The van der Waals surface area contributed by atoms with Crippen LogP contribution in [0.25, 0.3) is 0 Å². The molecule has 1 aromatic carbocycles. The fraction of sp³-hybridized carbons (Fsp3) is 0.562. The number of fused-ring (bicyclic) bond motifs is 3. The third-order valence-electron chi connectivity index (χ3n) is 4.44. The molecule has 0 radical (unpaired) electrons. The van der Waals surface area contributed by atoms with Crippen LogP contribution in [0, 0.1) is 5.92 Å². The molecular weight excluding hydrogens is 288 g/mol. The number of cyclic esters (lactones) is 1. The van der Waals surface area contributed by atoms with Gasteiger partial charge in [-0.2, -0.15) is 0 Å². The van der Waals surface area contributed by atoms with Crippen molar-refractivity contribution in [2.45, 2.75) is 37.6 Å². The van der Waals surface area contributed by atoms with Crippen LogP contribution < -0.4 is 0 Å². The predicted molar refractivity (Wildman–Crippen MR) is 73.7 cm³/mol. The highest BCUT2D eigenvalue weighted by molar-refractivity contribution is 5.73. The Morgan fingerprint density at radius 3 is 2.64 bits per heavy atom. The summed E-state index contributed by atoms with van der Waals surface area (Å²) in [5.74, 6) is -0.677. The van der Waals surface area contributed by atoms with Gasteiger partial charge in [0, 0.05) is 5.56 Å². The lowest BCUT2D eigenvalue weighted by Gasteiger charge is -2.33. The lowest BCUT2D eigenvalue weighted by atomic mass is 9.97. The first-order valence-corrected chi connectivity index (χ1v) is 7.50.